The van der Waals surface area contributed by atoms with Gasteiger partial charge in [-0.2, -0.15) is 0 Å². The molecule has 2 nitrogen and oxygen atoms in total. The zero-order valence-corrected chi connectivity index (χ0v) is 11.1. The molecule has 0 aromatic heterocycles. The van der Waals surface area contributed by atoms with E-state index in [1.165, 1.54) is 24.0 Å². The van der Waals surface area contributed by atoms with Crippen LogP contribution in [0.1, 0.15) is 50.7 Å². The Hall–Kier alpha value is -0.860. The smallest absolute Gasteiger partial charge is 0.0871 e. The predicted octanol–water partition coefficient (Wildman–Crippen LogP) is 3.30. The van der Waals surface area contributed by atoms with E-state index in [4.69, 9.17) is 10.5 Å². The van der Waals surface area contributed by atoms with E-state index < -0.39 is 0 Å². The second kappa shape index (κ2) is 4.43. The monoisotopic (exact) mass is 233 g/mol. The standard InChI is InChI=1S/C15H23NO/c1-14(2,17-3)12-6-8-13(9-7-12)15(16)10-4-5-11-15/h6-9H,4-5,10-11,16H2,1-3H3. The van der Waals surface area contributed by atoms with Crippen LogP contribution in [0.4, 0.5) is 0 Å². The third-order valence-electron chi connectivity index (χ3n) is 4.16. The van der Waals surface area contributed by atoms with Crippen molar-refractivity contribution in [2.45, 2.75) is 50.7 Å². The lowest BCUT2D eigenvalue weighted by Gasteiger charge is -2.27. The van der Waals surface area contributed by atoms with Crippen molar-refractivity contribution in [2.24, 2.45) is 5.73 Å². The second-order valence-electron chi connectivity index (χ2n) is 5.66. The minimum absolute atomic E-state index is 0.0876. The number of rotatable bonds is 3. The fourth-order valence-electron chi connectivity index (χ4n) is 2.62. The summed E-state index contributed by atoms with van der Waals surface area (Å²) < 4.78 is 5.48. The molecule has 1 aromatic rings. The zero-order chi connectivity index (χ0) is 12.5. The maximum Gasteiger partial charge on any atom is 0.0871 e. The van der Waals surface area contributed by atoms with Gasteiger partial charge in [0.05, 0.1) is 5.60 Å². The summed E-state index contributed by atoms with van der Waals surface area (Å²) in [5.41, 5.74) is 8.60. The second-order valence-corrected chi connectivity index (χ2v) is 5.66. The fraction of sp³-hybridized carbons (Fsp3) is 0.600. The van der Waals surface area contributed by atoms with Crippen LogP contribution >= 0.6 is 0 Å². The van der Waals surface area contributed by atoms with Crippen molar-refractivity contribution in [3.8, 4) is 0 Å². The number of hydrogen-bond acceptors (Lipinski definition) is 2. The molecule has 0 heterocycles. The highest BCUT2D eigenvalue weighted by atomic mass is 16.5. The highest BCUT2D eigenvalue weighted by molar-refractivity contribution is 5.31. The van der Waals surface area contributed by atoms with Crippen LogP contribution in [0, 0.1) is 0 Å². The lowest BCUT2D eigenvalue weighted by molar-refractivity contribution is 0.0192. The molecule has 0 bridgehead atoms. The van der Waals surface area contributed by atoms with Gasteiger partial charge in [-0.25, -0.2) is 0 Å². The van der Waals surface area contributed by atoms with Gasteiger partial charge in [0.2, 0.25) is 0 Å². The Morgan fingerprint density at radius 3 is 2.12 bits per heavy atom. The van der Waals surface area contributed by atoms with E-state index >= 15 is 0 Å². The SMILES string of the molecule is COC(C)(C)c1ccc(C2(N)CCCC2)cc1. The van der Waals surface area contributed by atoms with E-state index in [1.54, 1.807) is 7.11 Å². The first-order chi connectivity index (χ1) is 7.98. The van der Waals surface area contributed by atoms with Gasteiger partial charge in [-0.3, -0.25) is 0 Å². The van der Waals surface area contributed by atoms with Crippen LogP contribution in [0.2, 0.25) is 0 Å². The minimum atomic E-state index is -0.226. The van der Waals surface area contributed by atoms with Crippen molar-refractivity contribution in [3.05, 3.63) is 35.4 Å². The van der Waals surface area contributed by atoms with Gasteiger partial charge in [-0.05, 0) is 37.8 Å². The molecule has 94 valence electrons. The minimum Gasteiger partial charge on any atom is -0.374 e. The molecule has 0 amide bonds. The van der Waals surface area contributed by atoms with Crippen molar-refractivity contribution < 1.29 is 4.74 Å². The van der Waals surface area contributed by atoms with Crippen molar-refractivity contribution in [2.75, 3.05) is 7.11 Å². The molecule has 17 heavy (non-hydrogen) atoms. The molecule has 0 aliphatic heterocycles. The normalized spacial score (nSPS) is 19.5. The molecule has 1 aliphatic carbocycles. The molecule has 0 atom stereocenters. The summed E-state index contributed by atoms with van der Waals surface area (Å²) >= 11 is 0. The van der Waals surface area contributed by atoms with Gasteiger partial charge in [0, 0.05) is 12.6 Å². The molecule has 0 saturated heterocycles. The molecular formula is C15H23NO. The van der Waals surface area contributed by atoms with Crippen LogP contribution in [0.25, 0.3) is 0 Å². The summed E-state index contributed by atoms with van der Waals surface area (Å²) in [5, 5.41) is 0. The van der Waals surface area contributed by atoms with Gasteiger partial charge in [0.1, 0.15) is 0 Å². The van der Waals surface area contributed by atoms with Gasteiger partial charge in [0.25, 0.3) is 0 Å². The topological polar surface area (TPSA) is 35.2 Å². The Morgan fingerprint density at radius 2 is 1.65 bits per heavy atom. The van der Waals surface area contributed by atoms with E-state index in [9.17, 15) is 0 Å². The Kier molecular flexibility index (Phi) is 3.28. The lowest BCUT2D eigenvalue weighted by atomic mass is 9.87. The maximum atomic E-state index is 6.44. The summed E-state index contributed by atoms with van der Waals surface area (Å²) in [6, 6.07) is 8.63. The van der Waals surface area contributed by atoms with Crippen LogP contribution in [0.5, 0.6) is 0 Å². The third-order valence-corrected chi connectivity index (χ3v) is 4.16. The molecule has 0 unspecified atom stereocenters. The average molecular weight is 233 g/mol. The van der Waals surface area contributed by atoms with Crippen LogP contribution in [-0.4, -0.2) is 7.11 Å². The maximum absolute atomic E-state index is 6.44. The quantitative estimate of drug-likeness (QED) is 0.869. The molecule has 0 spiro atoms. The largest absolute Gasteiger partial charge is 0.374 e. The first kappa shape index (κ1) is 12.6. The summed E-state index contributed by atoms with van der Waals surface area (Å²) in [6.45, 7) is 4.16. The van der Waals surface area contributed by atoms with E-state index in [0.717, 1.165) is 12.8 Å². The molecular weight excluding hydrogens is 210 g/mol. The summed E-state index contributed by atoms with van der Waals surface area (Å²) in [5.74, 6) is 0. The molecule has 1 fully saturated rings. The van der Waals surface area contributed by atoms with E-state index in [-0.39, 0.29) is 11.1 Å². The Balaban J connectivity index is 2.24. The molecule has 2 rings (SSSR count). The van der Waals surface area contributed by atoms with Crippen molar-refractivity contribution in [1.82, 2.24) is 0 Å². The zero-order valence-electron chi connectivity index (χ0n) is 11.1. The van der Waals surface area contributed by atoms with Gasteiger partial charge in [0.15, 0.2) is 0 Å². The Labute approximate surface area is 104 Å². The van der Waals surface area contributed by atoms with Gasteiger partial charge < -0.3 is 10.5 Å². The van der Waals surface area contributed by atoms with Crippen molar-refractivity contribution in [1.29, 1.82) is 0 Å². The number of nitrogens with two attached hydrogens (primary N) is 1. The fourth-order valence-corrected chi connectivity index (χ4v) is 2.62. The van der Waals surface area contributed by atoms with Crippen molar-refractivity contribution >= 4 is 0 Å². The van der Waals surface area contributed by atoms with E-state index in [1.807, 2.05) is 0 Å². The van der Waals surface area contributed by atoms with Gasteiger partial charge in [-0.1, -0.05) is 37.1 Å². The summed E-state index contributed by atoms with van der Waals surface area (Å²) in [7, 11) is 1.75. The van der Waals surface area contributed by atoms with Gasteiger partial charge in [-0.15, -0.1) is 0 Å². The molecule has 2 heteroatoms. The number of hydrogen-bond donors (Lipinski definition) is 1. The summed E-state index contributed by atoms with van der Waals surface area (Å²) in [6.07, 6.45) is 4.73. The van der Waals surface area contributed by atoms with Crippen LogP contribution in [0.15, 0.2) is 24.3 Å². The number of benzene rings is 1. The first-order valence-electron chi connectivity index (χ1n) is 6.43. The first-order valence-corrected chi connectivity index (χ1v) is 6.43. The van der Waals surface area contributed by atoms with Gasteiger partial charge >= 0.3 is 0 Å². The Bertz CT molecular complexity index is 374. The highest BCUT2D eigenvalue weighted by Crippen LogP contribution is 2.37. The van der Waals surface area contributed by atoms with E-state index in [0.29, 0.717) is 0 Å². The number of ether oxygens (including phenoxy) is 1. The third kappa shape index (κ3) is 2.38. The lowest BCUT2D eigenvalue weighted by Crippen LogP contribution is -2.33. The molecule has 1 aromatic carbocycles. The van der Waals surface area contributed by atoms with Crippen molar-refractivity contribution in [3.63, 3.8) is 0 Å². The molecule has 2 N–H and O–H groups in total. The Morgan fingerprint density at radius 1 is 1.12 bits per heavy atom. The summed E-state index contributed by atoms with van der Waals surface area (Å²) in [4.78, 5) is 0. The van der Waals surface area contributed by atoms with E-state index in [2.05, 4.69) is 38.1 Å². The average Bonchev–Trinajstić information content (AvgIpc) is 2.78. The molecule has 0 radical (unpaired) electrons. The van der Waals surface area contributed by atoms with Crippen LogP contribution < -0.4 is 5.73 Å². The van der Waals surface area contributed by atoms with Crippen LogP contribution in [-0.2, 0) is 15.9 Å². The molecule has 1 aliphatic rings. The van der Waals surface area contributed by atoms with Crippen LogP contribution in [0.3, 0.4) is 0 Å². The predicted molar refractivity (Wildman–Crippen MR) is 70.8 cm³/mol. The highest BCUT2D eigenvalue weighted by Gasteiger charge is 2.31. The number of methoxy groups -OCH3 is 1. The molecule has 1 saturated carbocycles.